The van der Waals surface area contributed by atoms with Gasteiger partial charge in [-0.3, -0.25) is 4.79 Å². The van der Waals surface area contributed by atoms with Gasteiger partial charge in [-0.25, -0.2) is 19.3 Å². The quantitative estimate of drug-likeness (QED) is 0.582. The van der Waals surface area contributed by atoms with Gasteiger partial charge in [-0.05, 0) is 11.8 Å². The Balaban J connectivity index is 2.33. The van der Waals surface area contributed by atoms with Crippen LogP contribution >= 0.6 is 11.8 Å². The number of nitrogens with two attached hydrogens (primary N) is 1. The molecule has 0 aromatic carbocycles. The number of halogens is 1. The molecule has 8 heteroatoms. The highest BCUT2D eigenvalue weighted by Crippen LogP contribution is 2.23. The third kappa shape index (κ3) is 2.34. The van der Waals surface area contributed by atoms with Crippen LogP contribution in [-0.4, -0.2) is 19.9 Å². The summed E-state index contributed by atoms with van der Waals surface area (Å²) in [6.07, 6.45) is 2.29. The molecule has 0 unspecified atom stereocenters. The maximum absolute atomic E-state index is 13.2. The Hall–Kier alpha value is -1.96. The van der Waals surface area contributed by atoms with Crippen molar-refractivity contribution in [3.63, 3.8) is 0 Å². The van der Waals surface area contributed by atoms with E-state index >= 15 is 0 Å². The molecule has 0 saturated heterocycles. The van der Waals surface area contributed by atoms with Gasteiger partial charge in [0.15, 0.2) is 11.0 Å². The minimum atomic E-state index is -0.620. The summed E-state index contributed by atoms with van der Waals surface area (Å²) in [6.45, 7) is 0. The van der Waals surface area contributed by atoms with Gasteiger partial charge >= 0.3 is 0 Å². The highest BCUT2D eigenvalue weighted by atomic mass is 32.2. The molecule has 82 valence electrons. The van der Waals surface area contributed by atoms with E-state index in [4.69, 9.17) is 5.73 Å². The van der Waals surface area contributed by atoms with Crippen LogP contribution < -0.4 is 11.3 Å². The van der Waals surface area contributed by atoms with Crippen LogP contribution in [0.25, 0.3) is 0 Å². The highest BCUT2D eigenvalue weighted by molar-refractivity contribution is 7.99. The highest BCUT2D eigenvalue weighted by Gasteiger charge is 2.08. The summed E-state index contributed by atoms with van der Waals surface area (Å²) in [5.74, 6) is -0.659. The van der Waals surface area contributed by atoms with Crippen LogP contribution in [0.2, 0.25) is 0 Å². The standard InChI is InChI=1S/C8H6FN5OS/c9-4-3-12-7(10)14-6(4)16-8-11-2-1-5(15)13-8/h1-3H,(H2,10,12,14)(H,11,13,15). The fourth-order valence-corrected chi connectivity index (χ4v) is 1.67. The lowest BCUT2D eigenvalue weighted by atomic mass is 10.6. The molecule has 6 nitrogen and oxygen atoms in total. The summed E-state index contributed by atoms with van der Waals surface area (Å²) in [4.78, 5) is 24.4. The van der Waals surface area contributed by atoms with Crippen LogP contribution in [0.15, 0.2) is 33.4 Å². The van der Waals surface area contributed by atoms with Crippen LogP contribution in [0, 0.1) is 5.82 Å². The molecular formula is C8H6FN5OS. The number of hydrogen-bond donors (Lipinski definition) is 2. The number of nitrogens with one attached hydrogen (secondary N) is 1. The summed E-state index contributed by atoms with van der Waals surface area (Å²) >= 11 is 0.870. The number of nitrogens with zero attached hydrogens (tertiary/aromatic N) is 3. The van der Waals surface area contributed by atoms with Crippen molar-refractivity contribution in [2.45, 2.75) is 10.2 Å². The number of aromatic amines is 1. The third-order valence-corrected chi connectivity index (χ3v) is 2.45. The van der Waals surface area contributed by atoms with E-state index < -0.39 is 5.82 Å². The second kappa shape index (κ2) is 4.27. The molecule has 2 aromatic heterocycles. The van der Waals surface area contributed by atoms with Gasteiger partial charge in [0.05, 0.1) is 6.20 Å². The van der Waals surface area contributed by atoms with Crippen LogP contribution in [0.5, 0.6) is 0 Å². The average Bonchev–Trinajstić information content (AvgIpc) is 2.24. The van der Waals surface area contributed by atoms with Gasteiger partial charge in [-0.15, -0.1) is 0 Å². The molecule has 0 aliphatic heterocycles. The summed E-state index contributed by atoms with van der Waals surface area (Å²) in [6, 6.07) is 1.26. The van der Waals surface area contributed by atoms with E-state index in [9.17, 15) is 9.18 Å². The van der Waals surface area contributed by atoms with Crippen molar-refractivity contribution in [2.75, 3.05) is 5.73 Å². The van der Waals surface area contributed by atoms with Crippen LogP contribution in [0.1, 0.15) is 0 Å². The Bertz CT molecular complexity index is 572. The summed E-state index contributed by atoms with van der Waals surface area (Å²) in [5, 5.41) is 0.256. The molecule has 0 atom stereocenters. The molecular weight excluding hydrogens is 233 g/mol. The van der Waals surface area contributed by atoms with Crippen molar-refractivity contribution in [1.82, 2.24) is 19.9 Å². The average molecular weight is 239 g/mol. The zero-order valence-electron chi connectivity index (χ0n) is 7.85. The molecule has 0 amide bonds. The minimum Gasteiger partial charge on any atom is -0.368 e. The van der Waals surface area contributed by atoms with E-state index in [0.29, 0.717) is 0 Å². The zero-order valence-corrected chi connectivity index (χ0v) is 8.66. The summed E-state index contributed by atoms with van der Waals surface area (Å²) in [7, 11) is 0. The van der Waals surface area contributed by atoms with Gasteiger partial charge in [0.1, 0.15) is 5.03 Å². The normalized spacial score (nSPS) is 10.3. The summed E-state index contributed by atoms with van der Waals surface area (Å²) < 4.78 is 13.2. The molecule has 0 aliphatic carbocycles. The Kier molecular flexibility index (Phi) is 2.82. The predicted molar refractivity (Wildman–Crippen MR) is 55.4 cm³/mol. The van der Waals surface area contributed by atoms with Crippen LogP contribution in [-0.2, 0) is 0 Å². The number of H-pyrrole nitrogens is 1. The first-order valence-corrected chi connectivity index (χ1v) is 4.98. The second-order valence-corrected chi connectivity index (χ2v) is 3.70. The molecule has 16 heavy (non-hydrogen) atoms. The third-order valence-electron chi connectivity index (χ3n) is 1.57. The predicted octanol–water partition coefficient (Wildman–Crippen LogP) is 0.432. The van der Waals surface area contributed by atoms with E-state index in [1.54, 1.807) is 0 Å². The van der Waals surface area contributed by atoms with Crippen LogP contribution in [0.4, 0.5) is 10.3 Å². The SMILES string of the molecule is Nc1ncc(F)c(Sc2nccc(=O)[nH]2)n1. The van der Waals surface area contributed by atoms with Crippen molar-refractivity contribution < 1.29 is 4.39 Å². The van der Waals surface area contributed by atoms with E-state index in [0.717, 1.165) is 18.0 Å². The Labute approximate surface area is 93.2 Å². The Morgan fingerprint density at radius 1 is 1.44 bits per heavy atom. The first-order chi connectivity index (χ1) is 7.65. The second-order valence-electron chi connectivity index (χ2n) is 2.72. The lowest BCUT2D eigenvalue weighted by Gasteiger charge is -2.00. The van der Waals surface area contributed by atoms with E-state index in [1.165, 1.54) is 12.3 Å². The number of rotatable bonds is 2. The molecule has 2 heterocycles. The first-order valence-electron chi connectivity index (χ1n) is 4.16. The minimum absolute atomic E-state index is 0.0156. The number of aromatic nitrogens is 4. The van der Waals surface area contributed by atoms with E-state index in [-0.39, 0.29) is 21.7 Å². The lowest BCUT2D eigenvalue weighted by Crippen LogP contribution is -2.06. The molecule has 2 rings (SSSR count). The lowest BCUT2D eigenvalue weighted by molar-refractivity contribution is 0.580. The van der Waals surface area contributed by atoms with E-state index in [1.807, 2.05) is 0 Å². The zero-order chi connectivity index (χ0) is 11.5. The topological polar surface area (TPSA) is 97.5 Å². The number of nitrogen functional groups attached to an aromatic ring is 1. The number of hydrogen-bond acceptors (Lipinski definition) is 6. The van der Waals surface area contributed by atoms with Gasteiger partial charge in [0.2, 0.25) is 5.95 Å². The Morgan fingerprint density at radius 2 is 2.25 bits per heavy atom. The molecule has 0 bridgehead atoms. The Morgan fingerprint density at radius 3 is 3.00 bits per heavy atom. The molecule has 0 fully saturated rings. The largest absolute Gasteiger partial charge is 0.368 e. The van der Waals surface area contributed by atoms with Crippen molar-refractivity contribution in [1.29, 1.82) is 0 Å². The molecule has 0 radical (unpaired) electrons. The molecule has 0 spiro atoms. The van der Waals surface area contributed by atoms with Gasteiger partial charge in [-0.1, -0.05) is 0 Å². The van der Waals surface area contributed by atoms with Gasteiger partial charge in [-0.2, -0.15) is 0 Å². The van der Waals surface area contributed by atoms with Gasteiger partial charge in [0.25, 0.3) is 5.56 Å². The van der Waals surface area contributed by atoms with Gasteiger partial charge < -0.3 is 10.7 Å². The molecule has 0 aliphatic rings. The maximum Gasteiger partial charge on any atom is 0.251 e. The van der Waals surface area contributed by atoms with Crippen molar-refractivity contribution in [3.05, 3.63) is 34.6 Å². The maximum atomic E-state index is 13.2. The smallest absolute Gasteiger partial charge is 0.251 e. The van der Waals surface area contributed by atoms with Crippen molar-refractivity contribution in [2.24, 2.45) is 0 Å². The monoisotopic (exact) mass is 239 g/mol. The van der Waals surface area contributed by atoms with E-state index in [2.05, 4.69) is 19.9 Å². The molecule has 3 N–H and O–H groups in total. The number of anilines is 1. The summed E-state index contributed by atoms with van der Waals surface area (Å²) in [5.41, 5.74) is 5.00. The fourth-order valence-electron chi connectivity index (χ4n) is 0.931. The molecule has 0 saturated carbocycles. The van der Waals surface area contributed by atoms with Crippen molar-refractivity contribution >= 4 is 17.7 Å². The van der Waals surface area contributed by atoms with Crippen LogP contribution in [0.3, 0.4) is 0 Å². The fraction of sp³-hybridized carbons (Fsp3) is 0. The van der Waals surface area contributed by atoms with Gasteiger partial charge in [0, 0.05) is 12.3 Å². The molecule has 2 aromatic rings. The first kappa shape index (κ1) is 10.6. The van der Waals surface area contributed by atoms with Crippen molar-refractivity contribution in [3.8, 4) is 0 Å².